The molecule has 20 heavy (non-hydrogen) atoms. The second-order valence-corrected chi connectivity index (χ2v) is 5.54. The van der Waals surface area contributed by atoms with E-state index in [4.69, 9.17) is 10.3 Å². The minimum atomic E-state index is -0.337. The fourth-order valence-corrected chi connectivity index (χ4v) is 3.02. The molecule has 0 atom stereocenters. The van der Waals surface area contributed by atoms with Crippen LogP contribution in [0.4, 0.5) is 10.2 Å². The van der Waals surface area contributed by atoms with Crippen LogP contribution < -0.4 is 5.73 Å². The average molecular weight is 288 g/mol. The molecule has 2 heterocycles. The first kappa shape index (κ1) is 12.9. The maximum absolute atomic E-state index is 14.0. The van der Waals surface area contributed by atoms with Crippen LogP contribution in [0.15, 0.2) is 40.9 Å². The molecular formula is C15H13FN2OS. The number of rotatable bonds is 3. The topological polar surface area (TPSA) is 52.0 Å². The maximum Gasteiger partial charge on any atom is 0.186 e. The zero-order chi connectivity index (χ0) is 14.1. The molecule has 0 unspecified atom stereocenters. The third kappa shape index (κ3) is 2.10. The van der Waals surface area contributed by atoms with E-state index in [1.54, 1.807) is 29.5 Å². The van der Waals surface area contributed by atoms with E-state index in [0.29, 0.717) is 16.9 Å². The van der Waals surface area contributed by atoms with Gasteiger partial charge >= 0.3 is 0 Å². The molecule has 0 spiro atoms. The van der Waals surface area contributed by atoms with Gasteiger partial charge in [0.1, 0.15) is 5.82 Å². The van der Waals surface area contributed by atoms with Gasteiger partial charge in [0.15, 0.2) is 11.6 Å². The summed E-state index contributed by atoms with van der Waals surface area (Å²) in [5, 5.41) is 3.79. The van der Waals surface area contributed by atoms with Crippen molar-refractivity contribution >= 4 is 17.2 Å². The highest BCUT2D eigenvalue weighted by Gasteiger charge is 2.21. The second kappa shape index (κ2) is 5.09. The van der Waals surface area contributed by atoms with Crippen molar-refractivity contribution in [2.45, 2.75) is 13.3 Å². The molecule has 2 N–H and O–H groups in total. The Balaban J connectivity index is 2.17. The van der Waals surface area contributed by atoms with Crippen LogP contribution in [0.1, 0.15) is 11.8 Å². The van der Waals surface area contributed by atoms with Crippen molar-refractivity contribution < 1.29 is 8.91 Å². The molecule has 0 saturated carbocycles. The van der Waals surface area contributed by atoms with Crippen molar-refractivity contribution in [2.75, 3.05) is 5.73 Å². The molecule has 3 aromatic rings. The third-order valence-corrected chi connectivity index (χ3v) is 4.32. The summed E-state index contributed by atoms with van der Waals surface area (Å²) in [6.45, 7) is 2.09. The van der Waals surface area contributed by atoms with Crippen molar-refractivity contribution in [1.29, 1.82) is 0 Å². The number of halogens is 1. The average Bonchev–Trinajstić information content (AvgIpc) is 3.06. The standard InChI is InChI=1S/C15H13FN2OS/c1-2-9-7-8-12(20-9)14-13(15(17)18-19-14)10-5-3-4-6-11(10)16/h3-8H,2H2,1H3,(H2,17,18). The quantitative estimate of drug-likeness (QED) is 0.779. The Morgan fingerprint density at radius 1 is 1.25 bits per heavy atom. The van der Waals surface area contributed by atoms with Crippen molar-refractivity contribution in [3.63, 3.8) is 0 Å². The van der Waals surface area contributed by atoms with Crippen LogP contribution in [0.25, 0.3) is 21.8 Å². The summed E-state index contributed by atoms with van der Waals surface area (Å²) in [6, 6.07) is 10.5. The molecular weight excluding hydrogens is 275 g/mol. The number of aromatic nitrogens is 1. The van der Waals surface area contributed by atoms with Gasteiger partial charge in [0.25, 0.3) is 0 Å². The molecule has 0 aliphatic rings. The lowest BCUT2D eigenvalue weighted by atomic mass is 10.0. The highest BCUT2D eigenvalue weighted by atomic mass is 32.1. The lowest BCUT2D eigenvalue weighted by molar-refractivity contribution is 0.437. The van der Waals surface area contributed by atoms with Crippen molar-refractivity contribution in [3.05, 3.63) is 47.1 Å². The van der Waals surface area contributed by atoms with Crippen molar-refractivity contribution in [3.8, 4) is 21.8 Å². The van der Waals surface area contributed by atoms with Gasteiger partial charge in [0.2, 0.25) is 0 Å². The molecule has 0 aliphatic heterocycles. The number of anilines is 1. The smallest absolute Gasteiger partial charge is 0.186 e. The van der Waals surface area contributed by atoms with Gasteiger partial charge in [-0.1, -0.05) is 30.3 Å². The summed E-state index contributed by atoms with van der Waals surface area (Å²) in [7, 11) is 0. The van der Waals surface area contributed by atoms with Gasteiger partial charge in [0.05, 0.1) is 10.4 Å². The molecule has 0 bridgehead atoms. The number of aryl methyl sites for hydroxylation is 1. The van der Waals surface area contributed by atoms with Gasteiger partial charge in [-0.3, -0.25) is 0 Å². The van der Waals surface area contributed by atoms with Crippen molar-refractivity contribution in [1.82, 2.24) is 5.16 Å². The number of hydrogen-bond acceptors (Lipinski definition) is 4. The Morgan fingerprint density at radius 2 is 2.05 bits per heavy atom. The highest BCUT2D eigenvalue weighted by molar-refractivity contribution is 7.15. The zero-order valence-electron chi connectivity index (χ0n) is 10.9. The molecule has 0 fully saturated rings. The normalized spacial score (nSPS) is 10.9. The van der Waals surface area contributed by atoms with Crippen LogP contribution in [-0.2, 0) is 6.42 Å². The molecule has 1 aromatic carbocycles. The number of thiophene rings is 1. The van der Waals surface area contributed by atoms with E-state index < -0.39 is 0 Å². The summed E-state index contributed by atoms with van der Waals surface area (Å²) in [6.07, 6.45) is 0.948. The number of nitrogen functional groups attached to an aromatic ring is 1. The number of benzene rings is 1. The SMILES string of the molecule is CCc1ccc(-c2onc(N)c2-c2ccccc2F)s1. The van der Waals surface area contributed by atoms with Gasteiger partial charge < -0.3 is 10.3 Å². The first-order valence-corrected chi connectivity index (χ1v) is 7.11. The van der Waals surface area contributed by atoms with E-state index in [-0.39, 0.29) is 11.6 Å². The summed E-state index contributed by atoms with van der Waals surface area (Å²) >= 11 is 1.60. The zero-order valence-corrected chi connectivity index (χ0v) is 11.7. The number of hydrogen-bond donors (Lipinski definition) is 1. The van der Waals surface area contributed by atoms with Gasteiger partial charge in [-0.15, -0.1) is 11.3 Å². The van der Waals surface area contributed by atoms with E-state index in [9.17, 15) is 4.39 Å². The lowest BCUT2D eigenvalue weighted by Crippen LogP contribution is -1.90. The van der Waals surface area contributed by atoms with Crippen LogP contribution in [0.5, 0.6) is 0 Å². The first-order valence-electron chi connectivity index (χ1n) is 6.29. The minimum Gasteiger partial charge on any atom is -0.380 e. The van der Waals surface area contributed by atoms with Gasteiger partial charge in [-0.2, -0.15) is 0 Å². The Kier molecular flexibility index (Phi) is 3.28. The Labute approximate surface area is 119 Å². The van der Waals surface area contributed by atoms with E-state index >= 15 is 0 Å². The molecule has 102 valence electrons. The van der Waals surface area contributed by atoms with Gasteiger partial charge in [0, 0.05) is 10.4 Å². The van der Waals surface area contributed by atoms with E-state index in [1.165, 1.54) is 10.9 Å². The van der Waals surface area contributed by atoms with Crippen LogP contribution in [0.3, 0.4) is 0 Å². The van der Waals surface area contributed by atoms with Gasteiger partial charge in [-0.05, 0) is 24.6 Å². The molecule has 3 rings (SSSR count). The van der Waals surface area contributed by atoms with Crippen molar-refractivity contribution in [2.24, 2.45) is 0 Å². The van der Waals surface area contributed by atoms with E-state index in [2.05, 4.69) is 12.1 Å². The molecule has 0 aliphatic carbocycles. The monoisotopic (exact) mass is 288 g/mol. The summed E-state index contributed by atoms with van der Waals surface area (Å²) in [4.78, 5) is 2.14. The lowest BCUT2D eigenvalue weighted by Gasteiger charge is -2.02. The summed E-state index contributed by atoms with van der Waals surface area (Å²) < 4.78 is 19.3. The van der Waals surface area contributed by atoms with E-state index in [0.717, 1.165) is 11.3 Å². The molecule has 3 nitrogen and oxygen atoms in total. The maximum atomic E-state index is 14.0. The summed E-state index contributed by atoms with van der Waals surface area (Å²) in [5.74, 6) is 0.393. The third-order valence-electron chi connectivity index (χ3n) is 3.10. The Hall–Kier alpha value is -2.14. The van der Waals surface area contributed by atoms with Crippen LogP contribution in [0, 0.1) is 5.82 Å². The fraction of sp³-hybridized carbons (Fsp3) is 0.133. The second-order valence-electron chi connectivity index (χ2n) is 4.37. The molecule has 5 heteroatoms. The molecule has 0 radical (unpaired) electrons. The Morgan fingerprint density at radius 3 is 2.75 bits per heavy atom. The predicted octanol–water partition coefficient (Wildman–Crippen LogP) is 4.35. The molecule has 2 aromatic heterocycles. The molecule has 0 saturated heterocycles. The van der Waals surface area contributed by atoms with Crippen LogP contribution in [0.2, 0.25) is 0 Å². The number of nitrogens with two attached hydrogens (primary N) is 1. The largest absolute Gasteiger partial charge is 0.380 e. The van der Waals surface area contributed by atoms with Crippen LogP contribution >= 0.6 is 11.3 Å². The number of nitrogens with zero attached hydrogens (tertiary/aromatic N) is 1. The molecule has 0 amide bonds. The van der Waals surface area contributed by atoms with Crippen LogP contribution in [-0.4, -0.2) is 5.16 Å². The Bertz CT molecular complexity index is 748. The fourth-order valence-electron chi connectivity index (χ4n) is 2.08. The van der Waals surface area contributed by atoms with Gasteiger partial charge in [-0.25, -0.2) is 4.39 Å². The minimum absolute atomic E-state index is 0.205. The first-order chi connectivity index (χ1) is 9.70. The summed E-state index contributed by atoms with van der Waals surface area (Å²) in [5.41, 5.74) is 6.78. The predicted molar refractivity (Wildman–Crippen MR) is 79.0 cm³/mol. The van der Waals surface area contributed by atoms with E-state index in [1.807, 2.05) is 12.1 Å². The highest BCUT2D eigenvalue weighted by Crippen LogP contribution is 2.40.